The Labute approximate surface area is 129 Å². The second kappa shape index (κ2) is 7.04. The Bertz CT molecular complexity index is 633. The van der Waals surface area contributed by atoms with Crippen molar-refractivity contribution in [2.45, 2.75) is 0 Å². The predicted octanol–water partition coefficient (Wildman–Crippen LogP) is 4.45. The molecular formula is C17H17ClO3. The van der Waals surface area contributed by atoms with E-state index in [4.69, 9.17) is 25.8 Å². The van der Waals surface area contributed by atoms with E-state index in [1.165, 1.54) is 0 Å². The smallest absolute Gasteiger partial charge is 0.126 e. The van der Waals surface area contributed by atoms with E-state index in [-0.39, 0.29) is 0 Å². The van der Waals surface area contributed by atoms with Crippen LogP contribution in [0.1, 0.15) is 11.1 Å². The van der Waals surface area contributed by atoms with Crippen molar-refractivity contribution in [3.05, 3.63) is 53.6 Å². The van der Waals surface area contributed by atoms with Crippen molar-refractivity contribution >= 4 is 22.7 Å². The Balaban J connectivity index is 2.36. The molecule has 2 aromatic carbocycles. The fourth-order valence-electron chi connectivity index (χ4n) is 1.92. The number of hydrogen-bond donors (Lipinski definition) is 0. The monoisotopic (exact) mass is 304 g/mol. The van der Waals surface area contributed by atoms with Crippen molar-refractivity contribution in [1.29, 1.82) is 0 Å². The van der Waals surface area contributed by atoms with Gasteiger partial charge in [-0.25, -0.2) is 0 Å². The molecule has 4 heteroatoms. The Kier molecular flexibility index (Phi) is 5.12. The summed E-state index contributed by atoms with van der Waals surface area (Å²) in [5.41, 5.74) is 1.76. The van der Waals surface area contributed by atoms with Gasteiger partial charge in [-0.3, -0.25) is 0 Å². The highest BCUT2D eigenvalue weighted by atomic mass is 35.5. The molecule has 0 unspecified atom stereocenters. The largest absolute Gasteiger partial charge is 0.497 e. The molecule has 110 valence electrons. The Hall–Kier alpha value is -2.13. The van der Waals surface area contributed by atoms with Gasteiger partial charge in [0.2, 0.25) is 0 Å². The molecule has 0 aliphatic carbocycles. The van der Waals surface area contributed by atoms with Gasteiger partial charge in [0.1, 0.15) is 17.2 Å². The molecule has 0 aliphatic heterocycles. The van der Waals surface area contributed by atoms with Crippen LogP contribution in [0.4, 0.5) is 0 Å². The number of halogens is 1. The molecule has 2 aromatic rings. The van der Waals surface area contributed by atoms with Gasteiger partial charge < -0.3 is 14.2 Å². The van der Waals surface area contributed by atoms with Crippen molar-refractivity contribution in [3.63, 3.8) is 0 Å². The van der Waals surface area contributed by atoms with E-state index in [0.29, 0.717) is 5.03 Å². The summed E-state index contributed by atoms with van der Waals surface area (Å²) in [5, 5.41) is 0.615. The fourth-order valence-corrected chi connectivity index (χ4v) is 2.17. The Morgan fingerprint density at radius 3 is 2.05 bits per heavy atom. The van der Waals surface area contributed by atoms with Crippen LogP contribution in [-0.2, 0) is 0 Å². The molecule has 0 fully saturated rings. The van der Waals surface area contributed by atoms with Gasteiger partial charge in [-0.2, -0.15) is 0 Å². The van der Waals surface area contributed by atoms with Crippen LogP contribution < -0.4 is 14.2 Å². The van der Waals surface area contributed by atoms with E-state index >= 15 is 0 Å². The molecule has 0 atom stereocenters. The summed E-state index contributed by atoms with van der Waals surface area (Å²) in [5.74, 6) is 2.28. The third-order valence-corrected chi connectivity index (χ3v) is 3.41. The molecule has 0 heterocycles. The average Bonchev–Trinajstić information content (AvgIpc) is 2.54. The molecule has 21 heavy (non-hydrogen) atoms. The SMILES string of the molecule is COc1ccc(/C(Cl)=C/c2cc(OC)ccc2OC)cc1. The van der Waals surface area contributed by atoms with Crippen molar-refractivity contribution in [2.75, 3.05) is 21.3 Å². The third kappa shape index (κ3) is 3.70. The quantitative estimate of drug-likeness (QED) is 0.764. The lowest BCUT2D eigenvalue weighted by Gasteiger charge is -2.08. The highest BCUT2D eigenvalue weighted by Gasteiger charge is 2.05. The molecule has 0 aromatic heterocycles. The van der Waals surface area contributed by atoms with Crippen LogP contribution in [0.25, 0.3) is 11.1 Å². The second-order valence-corrected chi connectivity index (χ2v) is 4.74. The van der Waals surface area contributed by atoms with Crippen molar-refractivity contribution < 1.29 is 14.2 Å². The van der Waals surface area contributed by atoms with E-state index in [0.717, 1.165) is 28.4 Å². The third-order valence-electron chi connectivity index (χ3n) is 3.08. The summed E-state index contributed by atoms with van der Waals surface area (Å²) in [6, 6.07) is 13.1. The second-order valence-electron chi connectivity index (χ2n) is 4.33. The molecule has 0 saturated heterocycles. The average molecular weight is 305 g/mol. The summed E-state index contributed by atoms with van der Waals surface area (Å²) in [7, 11) is 4.88. The zero-order valence-electron chi connectivity index (χ0n) is 12.2. The predicted molar refractivity (Wildman–Crippen MR) is 86.3 cm³/mol. The summed E-state index contributed by atoms with van der Waals surface area (Å²) in [6.45, 7) is 0. The van der Waals surface area contributed by atoms with Crippen LogP contribution in [-0.4, -0.2) is 21.3 Å². The molecule has 0 N–H and O–H groups in total. The molecule has 0 amide bonds. The van der Waals surface area contributed by atoms with Crippen LogP contribution in [0.5, 0.6) is 17.2 Å². The lowest BCUT2D eigenvalue weighted by molar-refractivity contribution is 0.402. The normalized spacial score (nSPS) is 11.1. The molecule has 3 nitrogen and oxygen atoms in total. The zero-order chi connectivity index (χ0) is 15.2. The van der Waals surface area contributed by atoms with Gasteiger partial charge in [-0.15, -0.1) is 0 Å². The summed E-state index contributed by atoms with van der Waals surface area (Å²) in [4.78, 5) is 0. The first-order valence-corrected chi connectivity index (χ1v) is 6.79. The Morgan fingerprint density at radius 1 is 0.857 bits per heavy atom. The van der Waals surface area contributed by atoms with Gasteiger partial charge in [-0.1, -0.05) is 11.6 Å². The number of ether oxygens (including phenoxy) is 3. The van der Waals surface area contributed by atoms with Crippen LogP contribution >= 0.6 is 11.6 Å². The van der Waals surface area contributed by atoms with Crippen LogP contribution in [0, 0.1) is 0 Å². The van der Waals surface area contributed by atoms with E-state index < -0.39 is 0 Å². The van der Waals surface area contributed by atoms with Gasteiger partial charge in [0.25, 0.3) is 0 Å². The summed E-state index contributed by atoms with van der Waals surface area (Å²) < 4.78 is 15.7. The van der Waals surface area contributed by atoms with Crippen molar-refractivity contribution in [1.82, 2.24) is 0 Å². The molecule has 0 saturated carbocycles. The number of methoxy groups -OCH3 is 3. The minimum atomic E-state index is 0.615. The van der Waals surface area contributed by atoms with Gasteiger partial charge in [0.05, 0.1) is 21.3 Å². The lowest BCUT2D eigenvalue weighted by Crippen LogP contribution is -1.90. The van der Waals surface area contributed by atoms with Gasteiger partial charge >= 0.3 is 0 Å². The summed E-state index contributed by atoms with van der Waals surface area (Å²) in [6.07, 6.45) is 1.85. The zero-order valence-corrected chi connectivity index (χ0v) is 13.0. The topological polar surface area (TPSA) is 27.7 Å². The number of rotatable bonds is 5. The van der Waals surface area contributed by atoms with E-state index in [9.17, 15) is 0 Å². The maximum absolute atomic E-state index is 6.38. The van der Waals surface area contributed by atoms with Crippen LogP contribution in [0.3, 0.4) is 0 Å². The van der Waals surface area contributed by atoms with Gasteiger partial charge in [0.15, 0.2) is 0 Å². The first-order valence-electron chi connectivity index (χ1n) is 6.41. The highest BCUT2D eigenvalue weighted by molar-refractivity contribution is 6.51. The Morgan fingerprint density at radius 2 is 1.48 bits per heavy atom. The first kappa shape index (κ1) is 15.3. The first-order chi connectivity index (χ1) is 10.2. The summed E-state index contributed by atoms with van der Waals surface area (Å²) >= 11 is 6.38. The molecular weight excluding hydrogens is 288 g/mol. The van der Waals surface area contributed by atoms with Crippen LogP contribution in [0.15, 0.2) is 42.5 Å². The van der Waals surface area contributed by atoms with E-state index in [1.54, 1.807) is 21.3 Å². The maximum Gasteiger partial charge on any atom is 0.126 e. The van der Waals surface area contributed by atoms with Crippen LogP contribution in [0.2, 0.25) is 0 Å². The minimum Gasteiger partial charge on any atom is -0.497 e. The molecule has 0 spiro atoms. The molecule has 0 aliphatic rings. The lowest BCUT2D eigenvalue weighted by atomic mass is 10.1. The fraction of sp³-hybridized carbons (Fsp3) is 0.176. The van der Waals surface area contributed by atoms with E-state index in [2.05, 4.69) is 0 Å². The number of hydrogen-bond acceptors (Lipinski definition) is 3. The van der Waals surface area contributed by atoms with Gasteiger partial charge in [0, 0.05) is 10.6 Å². The highest BCUT2D eigenvalue weighted by Crippen LogP contribution is 2.30. The minimum absolute atomic E-state index is 0.615. The van der Waals surface area contributed by atoms with E-state index in [1.807, 2.05) is 48.5 Å². The van der Waals surface area contributed by atoms with Gasteiger partial charge in [-0.05, 0) is 54.1 Å². The molecule has 0 radical (unpaired) electrons. The standard InChI is InChI=1S/C17H17ClO3/c1-19-14-6-4-12(5-7-14)16(18)11-13-10-15(20-2)8-9-17(13)21-3/h4-11H,1-3H3/b16-11-. The van der Waals surface area contributed by atoms with Crippen molar-refractivity contribution in [3.8, 4) is 17.2 Å². The molecule has 0 bridgehead atoms. The van der Waals surface area contributed by atoms with Crippen molar-refractivity contribution in [2.24, 2.45) is 0 Å². The maximum atomic E-state index is 6.38. The number of benzene rings is 2. The molecule has 2 rings (SSSR count).